The van der Waals surface area contributed by atoms with E-state index in [-0.39, 0.29) is 18.0 Å². The van der Waals surface area contributed by atoms with Crippen molar-refractivity contribution in [1.82, 2.24) is 24.1 Å². The van der Waals surface area contributed by atoms with Crippen molar-refractivity contribution in [3.05, 3.63) is 65.1 Å². The Hall–Kier alpha value is -3.55. The van der Waals surface area contributed by atoms with Crippen molar-refractivity contribution < 1.29 is 4.79 Å². The zero-order valence-electron chi connectivity index (χ0n) is 15.1. The van der Waals surface area contributed by atoms with Gasteiger partial charge in [-0.1, -0.05) is 24.6 Å². The molecule has 0 unspecified atom stereocenters. The molecular weight excluding hydrogens is 356 g/mol. The Balaban J connectivity index is 1.59. The minimum Gasteiger partial charge on any atom is -0.309 e. The molecule has 1 fully saturated rings. The molecule has 5 rings (SSSR count). The Morgan fingerprint density at radius 2 is 2.04 bits per heavy atom. The molecule has 4 aromatic rings. The third kappa shape index (κ3) is 2.74. The first-order chi connectivity index (χ1) is 13.7. The lowest BCUT2D eigenvalue weighted by molar-refractivity contribution is -0.117. The zero-order valence-corrected chi connectivity index (χ0v) is 15.1. The predicted octanol–water partition coefficient (Wildman–Crippen LogP) is 2.35. The van der Waals surface area contributed by atoms with E-state index in [1.54, 1.807) is 12.3 Å². The molecule has 8 heteroatoms. The number of aromatic nitrogens is 5. The van der Waals surface area contributed by atoms with Gasteiger partial charge in [0.1, 0.15) is 30.0 Å². The van der Waals surface area contributed by atoms with E-state index < -0.39 is 0 Å². The molecule has 0 atom stereocenters. The summed E-state index contributed by atoms with van der Waals surface area (Å²) in [6.07, 6.45) is 6.13. The number of hydrogen-bond acceptors (Lipinski definition) is 5. The number of fused-ring (bicyclic) bond motifs is 3. The van der Waals surface area contributed by atoms with Crippen LogP contribution in [0.15, 0.2) is 53.7 Å². The van der Waals surface area contributed by atoms with Crippen molar-refractivity contribution >= 4 is 28.1 Å². The third-order valence-corrected chi connectivity index (χ3v) is 5.23. The molecule has 1 aliphatic rings. The average molecular weight is 374 g/mol. The largest absolute Gasteiger partial charge is 0.309 e. The Kier molecular flexibility index (Phi) is 3.89. The summed E-state index contributed by atoms with van der Waals surface area (Å²) < 4.78 is 3.22. The van der Waals surface area contributed by atoms with Crippen LogP contribution in [0.25, 0.3) is 16.4 Å². The molecule has 0 spiro atoms. The standard InChI is InChI=1S/C20H18N6O2/c27-18(23-17-8-9-21-12-22-17)11-25-20(28)16-10-14-4-1-2-7-15(14)26(16)19(24-25)13-5-3-6-13/h1-2,4,7-10,12-13H,3,5-6,11H2,(H,21,22,23,27). The van der Waals surface area contributed by atoms with Gasteiger partial charge in [-0.3, -0.25) is 14.0 Å². The molecule has 3 aromatic heterocycles. The molecule has 1 aliphatic carbocycles. The maximum Gasteiger partial charge on any atom is 0.291 e. The van der Waals surface area contributed by atoms with Crippen LogP contribution in [-0.4, -0.2) is 30.1 Å². The third-order valence-electron chi connectivity index (χ3n) is 5.23. The van der Waals surface area contributed by atoms with Gasteiger partial charge in [0.05, 0.1) is 5.52 Å². The van der Waals surface area contributed by atoms with Crippen LogP contribution in [-0.2, 0) is 11.3 Å². The van der Waals surface area contributed by atoms with E-state index >= 15 is 0 Å². The van der Waals surface area contributed by atoms with Crippen LogP contribution in [0.1, 0.15) is 31.0 Å². The summed E-state index contributed by atoms with van der Waals surface area (Å²) in [5, 5.41) is 8.26. The number of amides is 1. The van der Waals surface area contributed by atoms with Gasteiger partial charge in [-0.2, -0.15) is 5.10 Å². The van der Waals surface area contributed by atoms with Crippen LogP contribution in [0.2, 0.25) is 0 Å². The monoisotopic (exact) mass is 374 g/mol. The molecule has 1 N–H and O–H groups in total. The summed E-state index contributed by atoms with van der Waals surface area (Å²) in [6, 6.07) is 11.4. The van der Waals surface area contributed by atoms with Crippen LogP contribution in [0.5, 0.6) is 0 Å². The summed E-state index contributed by atoms with van der Waals surface area (Å²) in [5.41, 5.74) is 1.24. The number of carbonyl (C=O) groups is 1. The molecule has 0 saturated heterocycles. The maximum absolute atomic E-state index is 13.0. The second-order valence-electron chi connectivity index (χ2n) is 7.02. The fourth-order valence-corrected chi connectivity index (χ4v) is 3.63. The van der Waals surface area contributed by atoms with E-state index in [1.165, 1.54) is 11.0 Å². The molecule has 3 heterocycles. The Morgan fingerprint density at radius 3 is 2.79 bits per heavy atom. The number of para-hydroxylation sites is 1. The highest BCUT2D eigenvalue weighted by Crippen LogP contribution is 2.36. The molecule has 0 bridgehead atoms. The summed E-state index contributed by atoms with van der Waals surface area (Å²) in [4.78, 5) is 33.3. The fraction of sp³-hybridized carbons (Fsp3) is 0.250. The van der Waals surface area contributed by atoms with Gasteiger partial charge in [-0.05, 0) is 31.0 Å². The first kappa shape index (κ1) is 16.6. The number of anilines is 1. The van der Waals surface area contributed by atoms with E-state index in [0.29, 0.717) is 17.3 Å². The fourth-order valence-electron chi connectivity index (χ4n) is 3.63. The highest BCUT2D eigenvalue weighted by molar-refractivity contribution is 5.90. The number of carbonyl (C=O) groups excluding carboxylic acids is 1. The molecular formula is C20H18N6O2. The lowest BCUT2D eigenvalue weighted by atomic mass is 9.85. The van der Waals surface area contributed by atoms with E-state index in [2.05, 4.69) is 20.4 Å². The first-order valence-electron chi connectivity index (χ1n) is 9.28. The number of hydrogen-bond donors (Lipinski definition) is 1. The van der Waals surface area contributed by atoms with Gasteiger partial charge < -0.3 is 5.32 Å². The Bertz CT molecular complexity index is 1240. The van der Waals surface area contributed by atoms with Crippen molar-refractivity contribution in [2.45, 2.75) is 31.7 Å². The number of benzene rings is 1. The predicted molar refractivity (Wildman–Crippen MR) is 104 cm³/mol. The van der Waals surface area contributed by atoms with Gasteiger partial charge in [0.2, 0.25) is 5.91 Å². The molecule has 28 heavy (non-hydrogen) atoms. The van der Waals surface area contributed by atoms with Gasteiger partial charge in [0.15, 0.2) is 0 Å². The van der Waals surface area contributed by atoms with E-state index in [9.17, 15) is 9.59 Å². The molecule has 8 nitrogen and oxygen atoms in total. The van der Waals surface area contributed by atoms with Crippen molar-refractivity contribution in [2.75, 3.05) is 5.32 Å². The quantitative estimate of drug-likeness (QED) is 0.592. The van der Waals surface area contributed by atoms with Gasteiger partial charge in [-0.15, -0.1) is 0 Å². The van der Waals surface area contributed by atoms with E-state index in [0.717, 1.165) is 36.0 Å². The molecule has 140 valence electrons. The molecule has 0 aliphatic heterocycles. The van der Waals surface area contributed by atoms with Crippen molar-refractivity contribution in [1.29, 1.82) is 0 Å². The second-order valence-corrected chi connectivity index (χ2v) is 7.02. The Labute approximate surface area is 159 Å². The van der Waals surface area contributed by atoms with E-state index in [4.69, 9.17) is 0 Å². The number of nitrogens with one attached hydrogen (secondary N) is 1. The van der Waals surface area contributed by atoms with Gasteiger partial charge in [0.25, 0.3) is 5.56 Å². The summed E-state index contributed by atoms with van der Waals surface area (Å²) >= 11 is 0. The highest BCUT2D eigenvalue weighted by Gasteiger charge is 2.26. The van der Waals surface area contributed by atoms with Gasteiger partial charge in [0, 0.05) is 17.5 Å². The second kappa shape index (κ2) is 6.56. The SMILES string of the molecule is O=C(Cn1nc(C2CCC2)n2c(cc3ccccc32)c1=O)Nc1ccncn1. The number of nitrogens with zero attached hydrogens (tertiary/aromatic N) is 5. The summed E-state index contributed by atoms with van der Waals surface area (Å²) in [5.74, 6) is 1.18. The molecule has 0 radical (unpaired) electrons. The average Bonchev–Trinajstić information content (AvgIpc) is 3.05. The first-order valence-corrected chi connectivity index (χ1v) is 9.28. The molecule has 1 aromatic carbocycles. The lowest BCUT2D eigenvalue weighted by Crippen LogP contribution is -2.33. The summed E-state index contributed by atoms with van der Waals surface area (Å²) in [6.45, 7) is -0.166. The van der Waals surface area contributed by atoms with Gasteiger partial charge >= 0.3 is 0 Å². The van der Waals surface area contributed by atoms with E-state index in [1.807, 2.05) is 34.7 Å². The Morgan fingerprint density at radius 1 is 1.18 bits per heavy atom. The van der Waals surface area contributed by atoms with Crippen LogP contribution in [0, 0.1) is 0 Å². The van der Waals surface area contributed by atoms with Crippen LogP contribution in [0.4, 0.5) is 5.82 Å². The minimum absolute atomic E-state index is 0.166. The maximum atomic E-state index is 13.0. The smallest absolute Gasteiger partial charge is 0.291 e. The van der Waals surface area contributed by atoms with Crippen molar-refractivity contribution in [2.24, 2.45) is 0 Å². The number of rotatable bonds is 4. The van der Waals surface area contributed by atoms with Crippen LogP contribution in [0.3, 0.4) is 0 Å². The van der Waals surface area contributed by atoms with Crippen LogP contribution < -0.4 is 10.9 Å². The van der Waals surface area contributed by atoms with Gasteiger partial charge in [-0.25, -0.2) is 14.6 Å². The summed E-state index contributed by atoms with van der Waals surface area (Å²) in [7, 11) is 0. The highest BCUT2D eigenvalue weighted by atomic mass is 16.2. The molecule has 1 amide bonds. The minimum atomic E-state index is -0.353. The zero-order chi connectivity index (χ0) is 19.1. The lowest BCUT2D eigenvalue weighted by Gasteiger charge is -2.26. The van der Waals surface area contributed by atoms with Crippen molar-refractivity contribution in [3.63, 3.8) is 0 Å². The molecule has 1 saturated carbocycles. The normalized spacial score (nSPS) is 14.3. The van der Waals surface area contributed by atoms with Crippen LogP contribution >= 0.6 is 0 Å². The van der Waals surface area contributed by atoms with Crippen molar-refractivity contribution in [3.8, 4) is 0 Å². The topological polar surface area (TPSA) is 94.2 Å².